The fraction of sp³-hybridized carbons (Fsp3) is 0.235. The van der Waals surface area contributed by atoms with E-state index < -0.39 is 0 Å². The molecule has 2 heterocycles. The van der Waals surface area contributed by atoms with Crippen LogP contribution < -0.4 is 5.32 Å². The van der Waals surface area contributed by atoms with Crippen molar-refractivity contribution in [3.8, 4) is 0 Å². The summed E-state index contributed by atoms with van der Waals surface area (Å²) in [7, 11) is 0. The maximum absolute atomic E-state index is 6.05. The van der Waals surface area contributed by atoms with Crippen LogP contribution in [0, 0.1) is 0 Å². The molecule has 6 heteroatoms. The summed E-state index contributed by atoms with van der Waals surface area (Å²) in [6, 6.07) is 9.53. The molecule has 4 rings (SSSR count). The number of nitrogens with zero attached hydrogens (tertiary/aromatic N) is 3. The summed E-state index contributed by atoms with van der Waals surface area (Å²) >= 11 is 12.1. The summed E-state index contributed by atoms with van der Waals surface area (Å²) in [4.78, 5) is 13.4. The zero-order valence-electron chi connectivity index (χ0n) is 12.3. The quantitative estimate of drug-likeness (QED) is 0.758. The van der Waals surface area contributed by atoms with E-state index in [0.717, 1.165) is 41.9 Å². The molecule has 0 bridgehead atoms. The molecule has 0 atom stereocenters. The number of rotatable bonds is 4. The number of halogens is 2. The van der Waals surface area contributed by atoms with E-state index in [1.807, 2.05) is 18.3 Å². The van der Waals surface area contributed by atoms with Crippen molar-refractivity contribution in [3.63, 3.8) is 0 Å². The molecule has 3 aromatic rings. The van der Waals surface area contributed by atoms with Gasteiger partial charge in [0, 0.05) is 23.9 Å². The van der Waals surface area contributed by atoms with Gasteiger partial charge in [-0.15, -0.1) is 0 Å². The molecule has 4 nitrogen and oxygen atoms in total. The van der Waals surface area contributed by atoms with Gasteiger partial charge in [-0.1, -0.05) is 29.3 Å². The highest BCUT2D eigenvalue weighted by Gasteiger charge is 2.45. The lowest BCUT2D eigenvalue weighted by Gasteiger charge is -2.16. The third kappa shape index (κ3) is 2.84. The van der Waals surface area contributed by atoms with E-state index in [1.54, 1.807) is 18.3 Å². The average Bonchev–Trinajstić information content (AvgIpc) is 3.36. The standard InChI is InChI=1S/C17H14Cl2N4/c18-11-7-13-14(8-12(11)19)23-16(9-21-13)22-10-17(4-5-17)15-3-1-2-6-20-15/h1-3,6-9H,4-5,10H2,(H,22,23). The van der Waals surface area contributed by atoms with Crippen molar-refractivity contribution in [2.24, 2.45) is 0 Å². The third-order valence-electron chi connectivity index (χ3n) is 4.25. The highest BCUT2D eigenvalue weighted by atomic mass is 35.5. The van der Waals surface area contributed by atoms with Crippen LogP contribution in [0.4, 0.5) is 5.82 Å². The Morgan fingerprint density at radius 3 is 2.52 bits per heavy atom. The van der Waals surface area contributed by atoms with Crippen molar-refractivity contribution >= 4 is 40.1 Å². The van der Waals surface area contributed by atoms with Gasteiger partial charge in [-0.25, -0.2) is 4.98 Å². The van der Waals surface area contributed by atoms with Gasteiger partial charge >= 0.3 is 0 Å². The van der Waals surface area contributed by atoms with Crippen molar-refractivity contribution in [3.05, 3.63) is 58.5 Å². The van der Waals surface area contributed by atoms with E-state index in [2.05, 4.69) is 26.3 Å². The minimum absolute atomic E-state index is 0.121. The van der Waals surface area contributed by atoms with Crippen LogP contribution in [0.25, 0.3) is 11.0 Å². The molecule has 1 N–H and O–H groups in total. The van der Waals surface area contributed by atoms with Crippen LogP contribution in [0.5, 0.6) is 0 Å². The van der Waals surface area contributed by atoms with Crippen LogP contribution in [0.2, 0.25) is 10.0 Å². The lowest BCUT2D eigenvalue weighted by molar-refractivity contribution is 0.701. The van der Waals surface area contributed by atoms with Crippen molar-refractivity contribution < 1.29 is 0 Å². The van der Waals surface area contributed by atoms with E-state index in [-0.39, 0.29) is 5.41 Å². The Balaban J connectivity index is 1.55. The minimum Gasteiger partial charge on any atom is -0.368 e. The molecule has 1 aromatic carbocycles. The molecule has 2 aromatic heterocycles. The summed E-state index contributed by atoms with van der Waals surface area (Å²) in [5, 5.41) is 4.35. The number of aromatic nitrogens is 3. The van der Waals surface area contributed by atoms with Crippen molar-refractivity contribution in [1.82, 2.24) is 15.0 Å². The number of benzene rings is 1. The van der Waals surface area contributed by atoms with E-state index in [4.69, 9.17) is 23.2 Å². The number of fused-ring (bicyclic) bond motifs is 1. The second kappa shape index (κ2) is 5.62. The zero-order valence-corrected chi connectivity index (χ0v) is 13.8. The average molecular weight is 345 g/mol. The lowest BCUT2D eigenvalue weighted by Crippen LogP contribution is -2.21. The Morgan fingerprint density at radius 1 is 1.04 bits per heavy atom. The molecule has 116 valence electrons. The predicted molar refractivity (Wildman–Crippen MR) is 93.2 cm³/mol. The largest absolute Gasteiger partial charge is 0.368 e. The molecule has 0 saturated heterocycles. The molecular weight excluding hydrogens is 331 g/mol. The first-order valence-corrected chi connectivity index (χ1v) is 8.19. The maximum Gasteiger partial charge on any atom is 0.145 e. The Labute approximate surface area is 143 Å². The second-order valence-electron chi connectivity index (χ2n) is 5.86. The molecule has 0 amide bonds. The van der Waals surface area contributed by atoms with Gasteiger partial charge in [-0.2, -0.15) is 0 Å². The van der Waals surface area contributed by atoms with Crippen LogP contribution in [0.3, 0.4) is 0 Å². The van der Waals surface area contributed by atoms with Gasteiger partial charge in [0.05, 0.1) is 27.3 Å². The molecule has 0 aliphatic heterocycles. The number of pyridine rings is 1. The Morgan fingerprint density at radius 2 is 1.83 bits per heavy atom. The van der Waals surface area contributed by atoms with Crippen LogP contribution in [0.15, 0.2) is 42.7 Å². The summed E-state index contributed by atoms with van der Waals surface area (Å²) < 4.78 is 0. The predicted octanol–water partition coefficient (Wildman–Crippen LogP) is 4.48. The second-order valence-corrected chi connectivity index (χ2v) is 6.67. The molecule has 0 unspecified atom stereocenters. The number of anilines is 1. The number of hydrogen-bond acceptors (Lipinski definition) is 4. The van der Waals surface area contributed by atoms with Gasteiger partial charge in [-0.3, -0.25) is 9.97 Å². The SMILES string of the molecule is Clc1cc2ncc(NCC3(c4ccccn4)CC3)nc2cc1Cl. The van der Waals surface area contributed by atoms with Gasteiger partial charge in [-0.05, 0) is 37.1 Å². The van der Waals surface area contributed by atoms with Crippen molar-refractivity contribution in [1.29, 1.82) is 0 Å². The number of hydrogen-bond donors (Lipinski definition) is 1. The molecule has 1 aliphatic carbocycles. The molecule has 1 aliphatic rings. The first-order valence-electron chi connectivity index (χ1n) is 7.44. The van der Waals surface area contributed by atoms with Crippen LogP contribution >= 0.6 is 23.2 Å². The van der Waals surface area contributed by atoms with Gasteiger partial charge in [0.25, 0.3) is 0 Å². The smallest absolute Gasteiger partial charge is 0.145 e. The fourth-order valence-corrected chi connectivity index (χ4v) is 3.02. The molecule has 0 spiro atoms. The van der Waals surface area contributed by atoms with Gasteiger partial charge in [0.2, 0.25) is 0 Å². The molecule has 23 heavy (non-hydrogen) atoms. The van der Waals surface area contributed by atoms with E-state index in [1.165, 1.54) is 0 Å². The van der Waals surface area contributed by atoms with Gasteiger partial charge in [0.15, 0.2) is 0 Å². The lowest BCUT2D eigenvalue weighted by atomic mass is 10.0. The molecule has 1 saturated carbocycles. The van der Waals surface area contributed by atoms with Gasteiger partial charge < -0.3 is 5.32 Å². The van der Waals surface area contributed by atoms with Crippen molar-refractivity contribution in [2.45, 2.75) is 18.3 Å². The highest BCUT2D eigenvalue weighted by Crippen LogP contribution is 2.47. The molecular formula is C17H14Cl2N4. The first kappa shape index (κ1) is 14.7. The Kier molecular flexibility index (Phi) is 3.58. The summed E-state index contributed by atoms with van der Waals surface area (Å²) in [5.41, 5.74) is 2.72. The van der Waals surface area contributed by atoms with Crippen LogP contribution in [-0.2, 0) is 5.41 Å². The molecule has 0 radical (unpaired) electrons. The fourth-order valence-electron chi connectivity index (χ4n) is 2.70. The summed E-state index contributed by atoms with van der Waals surface area (Å²) in [5.74, 6) is 0.734. The van der Waals surface area contributed by atoms with E-state index in [0.29, 0.717) is 10.0 Å². The van der Waals surface area contributed by atoms with Crippen LogP contribution in [0.1, 0.15) is 18.5 Å². The minimum atomic E-state index is 0.121. The summed E-state index contributed by atoms with van der Waals surface area (Å²) in [6.45, 7) is 0.797. The Bertz CT molecular complexity index is 863. The van der Waals surface area contributed by atoms with E-state index >= 15 is 0 Å². The van der Waals surface area contributed by atoms with Crippen LogP contribution in [-0.4, -0.2) is 21.5 Å². The normalized spacial score (nSPS) is 15.6. The van der Waals surface area contributed by atoms with Crippen molar-refractivity contribution in [2.75, 3.05) is 11.9 Å². The third-order valence-corrected chi connectivity index (χ3v) is 4.98. The van der Waals surface area contributed by atoms with Gasteiger partial charge in [0.1, 0.15) is 5.82 Å². The molecule has 1 fully saturated rings. The van der Waals surface area contributed by atoms with E-state index in [9.17, 15) is 0 Å². The zero-order chi connectivity index (χ0) is 15.9. The number of nitrogens with one attached hydrogen (secondary N) is 1. The topological polar surface area (TPSA) is 50.7 Å². The monoisotopic (exact) mass is 344 g/mol. The first-order chi connectivity index (χ1) is 11.2. The summed E-state index contributed by atoms with van der Waals surface area (Å²) in [6.07, 6.45) is 5.84. The highest BCUT2D eigenvalue weighted by molar-refractivity contribution is 6.42. The maximum atomic E-state index is 6.05. The Hall–Kier alpha value is -1.91.